The molecule has 0 fully saturated rings. The van der Waals surface area contributed by atoms with E-state index in [1.165, 1.54) is 6.07 Å². The topological polar surface area (TPSA) is 38.9 Å². The Bertz CT molecular complexity index is 603. The van der Waals surface area contributed by atoms with Gasteiger partial charge in [0.2, 0.25) is 0 Å². The summed E-state index contributed by atoms with van der Waals surface area (Å²) < 4.78 is 52.1. The summed E-state index contributed by atoms with van der Waals surface area (Å²) in [5, 5.41) is 0. The zero-order valence-corrected chi connectivity index (χ0v) is 10.6. The smallest absolute Gasteiger partial charge is 0.320 e. The normalized spacial score (nSPS) is 13.3. The van der Waals surface area contributed by atoms with Crippen LogP contribution in [0.5, 0.6) is 0 Å². The van der Waals surface area contributed by atoms with Gasteiger partial charge in [0, 0.05) is 18.0 Å². The van der Waals surface area contributed by atoms with Crippen molar-refractivity contribution >= 4 is 0 Å². The highest BCUT2D eigenvalue weighted by Gasteiger charge is 2.35. The van der Waals surface area contributed by atoms with Gasteiger partial charge in [-0.2, -0.15) is 13.2 Å². The molecule has 1 aromatic carbocycles. The van der Waals surface area contributed by atoms with Gasteiger partial charge in [0.25, 0.3) is 0 Å². The molecule has 106 valence electrons. The molecule has 1 heterocycles. The Labute approximate surface area is 113 Å². The summed E-state index contributed by atoms with van der Waals surface area (Å²) in [6, 6.07) is 3.74. The van der Waals surface area contributed by atoms with Crippen LogP contribution in [0.3, 0.4) is 0 Å². The fourth-order valence-corrected chi connectivity index (χ4v) is 2.04. The third kappa shape index (κ3) is 2.96. The van der Waals surface area contributed by atoms with Crippen molar-refractivity contribution in [3.8, 4) is 0 Å². The number of halogens is 4. The Hall–Kier alpha value is -1.95. The lowest BCUT2D eigenvalue weighted by atomic mass is 9.95. The summed E-state index contributed by atoms with van der Waals surface area (Å²) in [6.45, 7) is 1.65. The molecule has 0 amide bonds. The van der Waals surface area contributed by atoms with Crippen molar-refractivity contribution in [3.63, 3.8) is 0 Å². The van der Waals surface area contributed by atoms with E-state index in [0.29, 0.717) is 5.56 Å². The molecule has 0 spiro atoms. The van der Waals surface area contributed by atoms with E-state index >= 15 is 0 Å². The average molecular weight is 284 g/mol. The minimum absolute atomic E-state index is 0.176. The van der Waals surface area contributed by atoms with Crippen LogP contribution in [0, 0.1) is 12.7 Å². The summed E-state index contributed by atoms with van der Waals surface area (Å²) in [5.74, 6) is -0.534. The minimum Gasteiger partial charge on any atom is -0.320 e. The molecule has 2 N–H and O–H groups in total. The average Bonchev–Trinajstić information content (AvgIpc) is 2.35. The highest BCUT2D eigenvalue weighted by atomic mass is 19.4. The predicted octanol–water partition coefficient (Wildman–Crippen LogP) is 3.60. The molecule has 0 saturated carbocycles. The van der Waals surface area contributed by atoms with Gasteiger partial charge in [0.05, 0.1) is 11.6 Å². The molecule has 0 aliphatic carbocycles. The number of aryl methyl sites for hydroxylation is 1. The standard InChI is InChI=1S/C14H12F4N2/c1-8-4-9(6-10(15)5-8)13(19)11-7-20-3-2-12(11)14(16,17)18/h2-7,13H,19H2,1H3. The Morgan fingerprint density at radius 3 is 2.50 bits per heavy atom. The quantitative estimate of drug-likeness (QED) is 0.856. The first kappa shape index (κ1) is 14.5. The monoisotopic (exact) mass is 284 g/mol. The number of nitrogens with zero attached hydrogens (tertiary/aromatic N) is 1. The summed E-state index contributed by atoms with van der Waals surface area (Å²) in [5.41, 5.74) is 5.68. The van der Waals surface area contributed by atoms with E-state index < -0.39 is 23.6 Å². The fourth-order valence-electron chi connectivity index (χ4n) is 2.04. The van der Waals surface area contributed by atoms with Crippen molar-refractivity contribution in [3.05, 3.63) is 64.7 Å². The van der Waals surface area contributed by atoms with Crippen LogP contribution in [-0.2, 0) is 6.18 Å². The molecule has 0 bridgehead atoms. The van der Waals surface area contributed by atoms with Crippen molar-refractivity contribution in [1.82, 2.24) is 4.98 Å². The molecule has 2 aromatic rings. The lowest BCUT2D eigenvalue weighted by Gasteiger charge is -2.18. The lowest BCUT2D eigenvalue weighted by molar-refractivity contribution is -0.138. The number of hydrogen-bond acceptors (Lipinski definition) is 2. The van der Waals surface area contributed by atoms with Gasteiger partial charge in [-0.1, -0.05) is 6.07 Å². The molecular formula is C14H12F4N2. The van der Waals surface area contributed by atoms with Gasteiger partial charge in [-0.25, -0.2) is 4.39 Å². The van der Waals surface area contributed by atoms with Gasteiger partial charge in [-0.05, 0) is 36.2 Å². The van der Waals surface area contributed by atoms with E-state index in [-0.39, 0.29) is 11.1 Å². The predicted molar refractivity (Wildman–Crippen MR) is 66.4 cm³/mol. The van der Waals surface area contributed by atoms with Gasteiger partial charge in [0.15, 0.2) is 0 Å². The highest BCUT2D eigenvalue weighted by Crippen LogP contribution is 2.35. The van der Waals surface area contributed by atoms with Crippen LogP contribution >= 0.6 is 0 Å². The molecule has 2 rings (SSSR count). The summed E-state index contributed by atoms with van der Waals surface area (Å²) >= 11 is 0. The van der Waals surface area contributed by atoms with Crippen LogP contribution in [0.25, 0.3) is 0 Å². The molecule has 2 nitrogen and oxygen atoms in total. The third-order valence-electron chi connectivity index (χ3n) is 2.92. The van der Waals surface area contributed by atoms with Gasteiger partial charge in [-0.15, -0.1) is 0 Å². The zero-order valence-electron chi connectivity index (χ0n) is 10.6. The highest BCUT2D eigenvalue weighted by molar-refractivity contribution is 5.38. The largest absolute Gasteiger partial charge is 0.416 e. The van der Waals surface area contributed by atoms with Crippen molar-refractivity contribution in [2.75, 3.05) is 0 Å². The Morgan fingerprint density at radius 1 is 1.20 bits per heavy atom. The second-order valence-corrected chi connectivity index (χ2v) is 4.50. The van der Waals surface area contributed by atoms with Crippen molar-refractivity contribution in [2.24, 2.45) is 5.73 Å². The third-order valence-corrected chi connectivity index (χ3v) is 2.92. The maximum absolute atomic E-state index is 13.3. The molecule has 0 aliphatic rings. The number of benzene rings is 1. The second kappa shape index (κ2) is 5.20. The molecule has 1 atom stereocenters. The van der Waals surface area contributed by atoms with Crippen LogP contribution in [0.4, 0.5) is 17.6 Å². The van der Waals surface area contributed by atoms with Crippen LogP contribution < -0.4 is 5.73 Å². The minimum atomic E-state index is -4.53. The number of alkyl halides is 3. The van der Waals surface area contributed by atoms with E-state index in [2.05, 4.69) is 4.98 Å². The second-order valence-electron chi connectivity index (χ2n) is 4.50. The first-order valence-electron chi connectivity index (χ1n) is 5.83. The molecule has 1 unspecified atom stereocenters. The number of aromatic nitrogens is 1. The summed E-state index contributed by atoms with van der Waals surface area (Å²) in [7, 11) is 0. The molecule has 0 saturated heterocycles. The first-order chi connectivity index (χ1) is 9.29. The number of rotatable bonds is 2. The Kier molecular flexibility index (Phi) is 3.76. The molecule has 6 heteroatoms. The Balaban J connectivity index is 2.51. The maximum atomic E-state index is 13.3. The van der Waals surface area contributed by atoms with E-state index in [9.17, 15) is 17.6 Å². The molecular weight excluding hydrogens is 272 g/mol. The molecule has 20 heavy (non-hydrogen) atoms. The maximum Gasteiger partial charge on any atom is 0.416 e. The van der Waals surface area contributed by atoms with E-state index in [1.54, 1.807) is 13.0 Å². The van der Waals surface area contributed by atoms with Crippen LogP contribution in [0.1, 0.15) is 28.3 Å². The van der Waals surface area contributed by atoms with Crippen LogP contribution in [0.15, 0.2) is 36.7 Å². The van der Waals surface area contributed by atoms with Gasteiger partial charge < -0.3 is 5.73 Å². The van der Waals surface area contributed by atoms with E-state index in [1.807, 2.05) is 0 Å². The molecule has 0 aliphatic heterocycles. The van der Waals surface area contributed by atoms with Gasteiger partial charge >= 0.3 is 6.18 Å². The lowest BCUT2D eigenvalue weighted by Crippen LogP contribution is -2.19. The number of hydrogen-bond donors (Lipinski definition) is 1. The number of pyridine rings is 1. The zero-order chi connectivity index (χ0) is 14.9. The van der Waals surface area contributed by atoms with Crippen molar-refractivity contribution in [2.45, 2.75) is 19.1 Å². The van der Waals surface area contributed by atoms with E-state index in [4.69, 9.17) is 5.73 Å². The fraction of sp³-hybridized carbons (Fsp3) is 0.214. The van der Waals surface area contributed by atoms with Crippen molar-refractivity contribution in [1.29, 1.82) is 0 Å². The summed E-state index contributed by atoms with van der Waals surface area (Å²) in [6.07, 6.45) is -2.41. The Morgan fingerprint density at radius 2 is 1.90 bits per heavy atom. The SMILES string of the molecule is Cc1cc(F)cc(C(N)c2cnccc2C(F)(F)F)c1. The number of nitrogens with two attached hydrogens (primary N) is 1. The van der Waals surface area contributed by atoms with E-state index in [0.717, 1.165) is 24.5 Å². The first-order valence-corrected chi connectivity index (χ1v) is 5.83. The van der Waals surface area contributed by atoms with Crippen molar-refractivity contribution < 1.29 is 17.6 Å². The van der Waals surface area contributed by atoms with Crippen LogP contribution in [-0.4, -0.2) is 4.98 Å². The van der Waals surface area contributed by atoms with Gasteiger partial charge in [0.1, 0.15) is 5.82 Å². The molecule has 0 radical (unpaired) electrons. The van der Waals surface area contributed by atoms with Gasteiger partial charge in [-0.3, -0.25) is 4.98 Å². The molecule has 1 aromatic heterocycles. The summed E-state index contributed by atoms with van der Waals surface area (Å²) in [4.78, 5) is 3.68. The van der Waals surface area contributed by atoms with Crippen LogP contribution in [0.2, 0.25) is 0 Å².